The number of Topliss-reactive ketones (excluding diaryl/α,β-unsaturated/α-hetero) is 2. The number of carbonyl (C=O) groups excluding carboxylic acids is 2. The number of aromatic amines is 1. The van der Waals surface area contributed by atoms with Gasteiger partial charge in [-0.2, -0.15) is 0 Å². The van der Waals surface area contributed by atoms with Gasteiger partial charge in [-0.05, 0) is 56.8 Å². The Hall–Kier alpha value is -2.97. The van der Waals surface area contributed by atoms with E-state index in [1.165, 1.54) is 23.6 Å². The molecule has 0 spiro atoms. The van der Waals surface area contributed by atoms with Crippen LogP contribution in [0, 0.1) is 13.8 Å². The van der Waals surface area contributed by atoms with Crippen molar-refractivity contribution in [1.82, 2.24) is 19.7 Å². The highest BCUT2D eigenvalue weighted by molar-refractivity contribution is 8.00. The van der Waals surface area contributed by atoms with Crippen LogP contribution in [0.1, 0.15) is 56.7 Å². The van der Waals surface area contributed by atoms with Crippen molar-refractivity contribution >= 4 is 34.7 Å². The van der Waals surface area contributed by atoms with Crippen LogP contribution in [0.2, 0.25) is 0 Å². The third-order valence-corrected chi connectivity index (χ3v) is 7.23. The zero-order valence-corrected chi connectivity index (χ0v) is 20.0. The van der Waals surface area contributed by atoms with Gasteiger partial charge in [-0.1, -0.05) is 36.0 Å². The third kappa shape index (κ3) is 4.33. The van der Waals surface area contributed by atoms with Crippen molar-refractivity contribution in [1.29, 1.82) is 0 Å². The molecule has 3 heterocycles. The van der Waals surface area contributed by atoms with Crippen LogP contribution >= 0.6 is 23.1 Å². The molecule has 164 valence electrons. The molecule has 1 aromatic carbocycles. The number of H-pyrrole nitrogens is 1. The molecule has 4 aromatic rings. The van der Waals surface area contributed by atoms with E-state index in [-0.39, 0.29) is 11.6 Å². The summed E-state index contributed by atoms with van der Waals surface area (Å²) in [5.74, 6) is 0.717. The van der Waals surface area contributed by atoms with Crippen LogP contribution in [0.25, 0.3) is 5.69 Å². The van der Waals surface area contributed by atoms with Crippen molar-refractivity contribution in [2.24, 2.45) is 0 Å². The number of rotatable bonds is 8. The summed E-state index contributed by atoms with van der Waals surface area (Å²) in [5.41, 5.74) is 3.46. The first-order valence-corrected chi connectivity index (χ1v) is 12.1. The predicted octanol–water partition coefficient (Wildman–Crippen LogP) is 5.43. The second kappa shape index (κ2) is 9.26. The molecular weight excluding hydrogens is 440 g/mol. The summed E-state index contributed by atoms with van der Waals surface area (Å²) in [6.07, 6.45) is 0.666. The summed E-state index contributed by atoms with van der Waals surface area (Å²) >= 11 is 3.05. The average Bonchev–Trinajstić information content (AvgIpc) is 3.48. The minimum absolute atomic E-state index is 0.0438. The first kappa shape index (κ1) is 22.2. The van der Waals surface area contributed by atoms with E-state index in [4.69, 9.17) is 0 Å². The van der Waals surface area contributed by atoms with Gasteiger partial charge in [0.05, 0.1) is 10.9 Å². The van der Waals surface area contributed by atoms with Gasteiger partial charge >= 0.3 is 0 Å². The zero-order chi connectivity index (χ0) is 22.8. The highest BCUT2D eigenvalue weighted by atomic mass is 32.2. The Morgan fingerprint density at radius 2 is 1.88 bits per heavy atom. The molecule has 0 aliphatic carbocycles. The second-order valence-corrected chi connectivity index (χ2v) is 9.97. The maximum atomic E-state index is 13.2. The number of thiophene rings is 1. The molecule has 1 atom stereocenters. The van der Waals surface area contributed by atoms with E-state index in [1.807, 2.05) is 67.1 Å². The quantitative estimate of drug-likeness (QED) is 0.278. The zero-order valence-electron chi connectivity index (χ0n) is 18.4. The lowest BCUT2D eigenvalue weighted by Gasteiger charge is -2.13. The van der Waals surface area contributed by atoms with Crippen LogP contribution in [0.4, 0.5) is 0 Å². The van der Waals surface area contributed by atoms with Crippen molar-refractivity contribution < 1.29 is 9.59 Å². The monoisotopic (exact) mass is 464 g/mol. The van der Waals surface area contributed by atoms with Gasteiger partial charge in [-0.25, -0.2) is 0 Å². The summed E-state index contributed by atoms with van der Waals surface area (Å²) in [4.78, 5) is 29.5. The van der Waals surface area contributed by atoms with Crippen LogP contribution in [0.3, 0.4) is 0 Å². The van der Waals surface area contributed by atoms with E-state index in [2.05, 4.69) is 21.2 Å². The van der Waals surface area contributed by atoms with Crippen molar-refractivity contribution in [3.05, 3.63) is 81.1 Å². The minimum Gasteiger partial charge on any atom is -0.355 e. The highest BCUT2D eigenvalue weighted by Gasteiger charge is 2.26. The van der Waals surface area contributed by atoms with Crippen LogP contribution in [-0.2, 0) is 6.42 Å². The number of hydrogen-bond acceptors (Lipinski definition) is 6. The van der Waals surface area contributed by atoms with E-state index >= 15 is 0 Å². The summed E-state index contributed by atoms with van der Waals surface area (Å²) in [6.45, 7) is 7.02. The van der Waals surface area contributed by atoms with Gasteiger partial charge in [0.2, 0.25) is 0 Å². The van der Waals surface area contributed by atoms with Crippen LogP contribution in [0.15, 0.2) is 53.0 Å². The van der Waals surface area contributed by atoms with Gasteiger partial charge in [0.1, 0.15) is 5.82 Å². The highest BCUT2D eigenvalue weighted by Crippen LogP contribution is 2.30. The van der Waals surface area contributed by atoms with E-state index in [0.717, 1.165) is 17.2 Å². The lowest BCUT2D eigenvalue weighted by atomic mass is 10.0. The summed E-state index contributed by atoms with van der Waals surface area (Å²) in [5, 5.41) is 11.2. The Balaban J connectivity index is 1.65. The molecule has 3 aromatic heterocycles. The third-order valence-electron chi connectivity index (χ3n) is 5.31. The van der Waals surface area contributed by atoms with Gasteiger partial charge in [0.25, 0.3) is 0 Å². The van der Waals surface area contributed by atoms with Crippen molar-refractivity contribution in [3.8, 4) is 5.69 Å². The molecule has 0 bridgehead atoms. The number of ketones is 2. The molecule has 1 N–H and O–H groups in total. The topological polar surface area (TPSA) is 80.6 Å². The molecule has 0 aliphatic heterocycles. The summed E-state index contributed by atoms with van der Waals surface area (Å²) in [6, 6.07) is 14.0. The Morgan fingerprint density at radius 1 is 1.12 bits per heavy atom. The van der Waals surface area contributed by atoms with Crippen LogP contribution < -0.4 is 0 Å². The van der Waals surface area contributed by atoms with Crippen molar-refractivity contribution in [2.45, 2.75) is 44.5 Å². The van der Waals surface area contributed by atoms with E-state index < -0.39 is 5.25 Å². The number of benzene rings is 1. The van der Waals surface area contributed by atoms with E-state index in [9.17, 15) is 9.59 Å². The van der Waals surface area contributed by atoms with Crippen LogP contribution in [-0.4, -0.2) is 36.6 Å². The predicted molar refractivity (Wildman–Crippen MR) is 128 cm³/mol. The lowest BCUT2D eigenvalue weighted by Crippen LogP contribution is -2.16. The average molecular weight is 465 g/mol. The van der Waals surface area contributed by atoms with Gasteiger partial charge in [0.15, 0.2) is 16.7 Å². The molecule has 32 heavy (non-hydrogen) atoms. The number of carbonyl (C=O) groups is 2. The fourth-order valence-corrected chi connectivity index (χ4v) is 5.48. The molecule has 0 saturated carbocycles. The van der Waals surface area contributed by atoms with Gasteiger partial charge in [0, 0.05) is 28.2 Å². The molecule has 0 radical (unpaired) electrons. The number of nitrogens with one attached hydrogen (secondary N) is 1. The fraction of sp³-hybridized carbons (Fsp3) is 0.250. The first-order chi connectivity index (χ1) is 15.4. The normalized spacial score (nSPS) is 12.1. The Bertz CT molecular complexity index is 1260. The first-order valence-electron chi connectivity index (χ1n) is 10.3. The standard InChI is InChI=1S/C24H24N4O2S2/c1-14-21(16(3)29)15(2)25-22(14)23(30)17(4)32-24-27-26-20(13-19-11-8-12-31-19)28(24)18-9-6-5-7-10-18/h5-12,17,25H,13H2,1-4H3. The SMILES string of the molecule is CC(=O)c1c(C)[nH]c(C(=O)C(C)Sc2nnc(Cc3cccs3)n2-c2ccccc2)c1C. The molecule has 0 aliphatic rings. The number of nitrogens with zero attached hydrogens (tertiary/aromatic N) is 3. The molecule has 6 nitrogen and oxygen atoms in total. The molecular formula is C24H24N4O2S2. The molecule has 0 amide bonds. The molecule has 1 unspecified atom stereocenters. The number of para-hydroxylation sites is 1. The molecule has 4 rings (SSSR count). The van der Waals surface area contributed by atoms with Crippen LogP contribution in [0.5, 0.6) is 0 Å². The number of aromatic nitrogens is 4. The van der Waals surface area contributed by atoms with Crippen molar-refractivity contribution in [3.63, 3.8) is 0 Å². The Labute approximate surface area is 195 Å². The van der Waals surface area contributed by atoms with Gasteiger partial charge < -0.3 is 4.98 Å². The largest absolute Gasteiger partial charge is 0.355 e. The van der Waals surface area contributed by atoms with Gasteiger partial charge in [-0.3, -0.25) is 14.2 Å². The number of hydrogen-bond donors (Lipinski definition) is 1. The molecule has 0 fully saturated rings. The minimum atomic E-state index is -0.409. The number of aryl methyl sites for hydroxylation is 1. The maximum absolute atomic E-state index is 13.2. The van der Waals surface area contributed by atoms with Crippen molar-refractivity contribution in [2.75, 3.05) is 0 Å². The second-order valence-electron chi connectivity index (χ2n) is 7.63. The molecule has 0 saturated heterocycles. The summed E-state index contributed by atoms with van der Waals surface area (Å²) < 4.78 is 2.02. The van der Waals surface area contributed by atoms with E-state index in [0.29, 0.717) is 28.4 Å². The van der Waals surface area contributed by atoms with E-state index in [1.54, 1.807) is 11.3 Å². The number of thioether (sulfide) groups is 1. The molecule has 8 heteroatoms. The smallest absolute Gasteiger partial charge is 0.196 e. The van der Waals surface area contributed by atoms with Gasteiger partial charge in [-0.15, -0.1) is 21.5 Å². The fourth-order valence-electron chi connectivity index (χ4n) is 3.84. The maximum Gasteiger partial charge on any atom is 0.196 e. The Morgan fingerprint density at radius 3 is 2.50 bits per heavy atom. The Kier molecular flexibility index (Phi) is 6.43. The lowest BCUT2D eigenvalue weighted by molar-refractivity contribution is 0.0988. The summed E-state index contributed by atoms with van der Waals surface area (Å²) in [7, 11) is 0.